The maximum absolute atomic E-state index is 10.9. The van der Waals surface area contributed by atoms with Gasteiger partial charge in [-0.3, -0.25) is 4.79 Å². The van der Waals surface area contributed by atoms with E-state index in [4.69, 9.17) is 5.11 Å². The summed E-state index contributed by atoms with van der Waals surface area (Å²) in [5.41, 5.74) is 1.25. The Bertz CT molecular complexity index is 342. The number of piperidine rings is 1. The summed E-state index contributed by atoms with van der Waals surface area (Å²) in [6.07, 6.45) is 1.72. The van der Waals surface area contributed by atoms with E-state index in [9.17, 15) is 4.79 Å². The minimum Gasteiger partial charge on any atom is -0.480 e. The van der Waals surface area contributed by atoms with Crippen LogP contribution in [0.3, 0.4) is 0 Å². The molecule has 0 amide bonds. The van der Waals surface area contributed by atoms with Crippen molar-refractivity contribution in [3.8, 4) is 0 Å². The van der Waals surface area contributed by atoms with Gasteiger partial charge in [0.2, 0.25) is 0 Å². The van der Waals surface area contributed by atoms with E-state index in [0.29, 0.717) is 12.3 Å². The molecular formula is C12H16ClNO2. The lowest BCUT2D eigenvalue weighted by Gasteiger charge is -2.28. The van der Waals surface area contributed by atoms with Crippen LogP contribution in [0.1, 0.15) is 24.3 Å². The number of carboxylic acid groups (broad SMARTS) is 1. The molecule has 1 fully saturated rings. The molecule has 1 aromatic rings. The van der Waals surface area contributed by atoms with Crippen molar-refractivity contribution in [1.82, 2.24) is 5.32 Å². The summed E-state index contributed by atoms with van der Waals surface area (Å²) in [6, 6.07) is 9.77. The van der Waals surface area contributed by atoms with Crippen LogP contribution in [0.5, 0.6) is 0 Å². The number of hydrogen-bond acceptors (Lipinski definition) is 2. The van der Waals surface area contributed by atoms with Gasteiger partial charge in [0, 0.05) is 0 Å². The van der Waals surface area contributed by atoms with Crippen LogP contribution >= 0.6 is 12.4 Å². The normalized spacial score (nSPS) is 24.5. The van der Waals surface area contributed by atoms with Gasteiger partial charge in [-0.25, -0.2) is 0 Å². The zero-order valence-corrected chi connectivity index (χ0v) is 9.74. The van der Waals surface area contributed by atoms with Gasteiger partial charge >= 0.3 is 5.97 Å². The highest BCUT2D eigenvalue weighted by Gasteiger charge is 2.26. The summed E-state index contributed by atoms with van der Waals surface area (Å²) in [7, 11) is 0. The molecule has 0 aliphatic carbocycles. The Morgan fingerprint density at radius 1 is 1.31 bits per heavy atom. The van der Waals surface area contributed by atoms with E-state index in [1.165, 1.54) is 5.56 Å². The van der Waals surface area contributed by atoms with E-state index in [0.717, 1.165) is 13.0 Å². The van der Waals surface area contributed by atoms with Gasteiger partial charge in [0.15, 0.2) is 0 Å². The molecule has 16 heavy (non-hydrogen) atoms. The molecule has 4 heteroatoms. The van der Waals surface area contributed by atoms with Gasteiger partial charge in [-0.2, -0.15) is 0 Å². The fourth-order valence-electron chi connectivity index (χ4n) is 2.13. The predicted molar refractivity (Wildman–Crippen MR) is 65.1 cm³/mol. The Balaban J connectivity index is 0.00000128. The molecule has 1 heterocycles. The summed E-state index contributed by atoms with van der Waals surface area (Å²) in [6.45, 7) is 0.788. The first-order valence-corrected chi connectivity index (χ1v) is 5.28. The minimum absolute atomic E-state index is 0. The number of halogens is 1. The zero-order valence-electron chi connectivity index (χ0n) is 8.93. The molecule has 1 saturated heterocycles. The number of hydrogen-bond donors (Lipinski definition) is 2. The lowest BCUT2D eigenvalue weighted by molar-refractivity contribution is -0.140. The Morgan fingerprint density at radius 2 is 2.00 bits per heavy atom. The van der Waals surface area contributed by atoms with Crippen LogP contribution in [-0.2, 0) is 4.79 Å². The Hall–Kier alpha value is -1.06. The summed E-state index contributed by atoms with van der Waals surface area (Å²) < 4.78 is 0. The van der Waals surface area contributed by atoms with Gasteiger partial charge in [-0.1, -0.05) is 30.3 Å². The van der Waals surface area contributed by atoms with Gasteiger partial charge in [0.25, 0.3) is 0 Å². The monoisotopic (exact) mass is 241 g/mol. The van der Waals surface area contributed by atoms with Crippen LogP contribution in [0.2, 0.25) is 0 Å². The third-order valence-corrected chi connectivity index (χ3v) is 2.97. The molecule has 3 nitrogen and oxygen atoms in total. The average molecular weight is 242 g/mol. The largest absolute Gasteiger partial charge is 0.480 e. The molecule has 2 atom stereocenters. The highest BCUT2D eigenvalue weighted by molar-refractivity contribution is 5.85. The molecule has 88 valence electrons. The van der Waals surface area contributed by atoms with Crippen molar-refractivity contribution in [2.24, 2.45) is 0 Å². The number of nitrogens with one attached hydrogen (secondary N) is 1. The highest BCUT2D eigenvalue weighted by Crippen LogP contribution is 2.27. The van der Waals surface area contributed by atoms with Gasteiger partial charge in [0.1, 0.15) is 6.04 Å². The first-order chi connectivity index (χ1) is 7.27. The SMILES string of the molecule is Cl.O=C(O)[C@@H]1C[C@H](c2ccccc2)CCN1. The molecule has 1 aliphatic rings. The summed E-state index contributed by atoms with van der Waals surface area (Å²) in [5.74, 6) is -0.357. The predicted octanol–water partition coefficient (Wildman–Crippen LogP) is 2.03. The maximum atomic E-state index is 10.9. The van der Waals surface area contributed by atoms with Crippen molar-refractivity contribution in [3.05, 3.63) is 35.9 Å². The van der Waals surface area contributed by atoms with E-state index >= 15 is 0 Å². The standard InChI is InChI=1S/C12H15NO2.ClH/c14-12(15)11-8-10(6-7-13-11)9-4-2-1-3-5-9;/h1-5,10-11,13H,6-8H2,(H,14,15);1H/t10-,11+;/m1./s1. The summed E-state index contributed by atoms with van der Waals surface area (Å²) in [4.78, 5) is 10.9. The lowest BCUT2D eigenvalue weighted by atomic mass is 9.86. The molecule has 0 aromatic heterocycles. The Morgan fingerprint density at radius 3 is 2.62 bits per heavy atom. The van der Waals surface area contributed by atoms with E-state index in [1.807, 2.05) is 18.2 Å². The van der Waals surface area contributed by atoms with E-state index < -0.39 is 5.97 Å². The van der Waals surface area contributed by atoms with Crippen LogP contribution < -0.4 is 5.32 Å². The van der Waals surface area contributed by atoms with Crippen molar-refractivity contribution in [2.45, 2.75) is 24.8 Å². The van der Waals surface area contributed by atoms with Crippen molar-refractivity contribution < 1.29 is 9.90 Å². The summed E-state index contributed by atoms with van der Waals surface area (Å²) >= 11 is 0. The molecule has 2 rings (SSSR count). The quantitative estimate of drug-likeness (QED) is 0.833. The number of aliphatic carboxylic acids is 1. The van der Waals surface area contributed by atoms with Crippen molar-refractivity contribution in [3.63, 3.8) is 0 Å². The van der Waals surface area contributed by atoms with Crippen LogP contribution in [0, 0.1) is 0 Å². The molecule has 1 aliphatic heterocycles. The van der Waals surface area contributed by atoms with Crippen LogP contribution in [0.25, 0.3) is 0 Å². The van der Waals surface area contributed by atoms with Crippen molar-refractivity contribution in [2.75, 3.05) is 6.54 Å². The molecule has 0 saturated carbocycles. The fraction of sp³-hybridized carbons (Fsp3) is 0.417. The maximum Gasteiger partial charge on any atom is 0.320 e. The molecule has 0 spiro atoms. The van der Waals surface area contributed by atoms with Crippen molar-refractivity contribution in [1.29, 1.82) is 0 Å². The van der Waals surface area contributed by atoms with Gasteiger partial charge < -0.3 is 10.4 Å². The molecule has 2 N–H and O–H groups in total. The molecule has 0 bridgehead atoms. The van der Waals surface area contributed by atoms with Gasteiger partial charge in [0.05, 0.1) is 0 Å². The number of benzene rings is 1. The Kier molecular flexibility index (Phi) is 4.77. The minimum atomic E-state index is -0.740. The second-order valence-electron chi connectivity index (χ2n) is 3.98. The van der Waals surface area contributed by atoms with Crippen LogP contribution in [-0.4, -0.2) is 23.7 Å². The van der Waals surface area contributed by atoms with E-state index in [-0.39, 0.29) is 18.4 Å². The lowest BCUT2D eigenvalue weighted by Crippen LogP contribution is -2.42. The van der Waals surface area contributed by atoms with E-state index in [2.05, 4.69) is 17.4 Å². The number of carbonyl (C=O) groups is 1. The fourth-order valence-corrected chi connectivity index (χ4v) is 2.13. The first kappa shape index (κ1) is 13.0. The van der Waals surface area contributed by atoms with E-state index in [1.54, 1.807) is 0 Å². The second-order valence-corrected chi connectivity index (χ2v) is 3.98. The van der Waals surface area contributed by atoms with Crippen molar-refractivity contribution >= 4 is 18.4 Å². The molecule has 0 radical (unpaired) electrons. The first-order valence-electron chi connectivity index (χ1n) is 5.28. The Labute approximate surface area is 101 Å². The van der Waals surface area contributed by atoms with Crippen LogP contribution in [0.4, 0.5) is 0 Å². The van der Waals surface area contributed by atoms with Gasteiger partial charge in [-0.05, 0) is 30.9 Å². The second kappa shape index (κ2) is 5.87. The number of carboxylic acids is 1. The summed E-state index contributed by atoms with van der Waals surface area (Å²) in [5, 5.41) is 12.0. The molecular weight excluding hydrogens is 226 g/mol. The average Bonchev–Trinajstić information content (AvgIpc) is 2.30. The smallest absolute Gasteiger partial charge is 0.320 e. The molecule has 0 unspecified atom stereocenters. The third-order valence-electron chi connectivity index (χ3n) is 2.97. The zero-order chi connectivity index (χ0) is 10.7. The molecule has 1 aromatic carbocycles. The number of rotatable bonds is 2. The van der Waals surface area contributed by atoms with Gasteiger partial charge in [-0.15, -0.1) is 12.4 Å². The van der Waals surface area contributed by atoms with Crippen LogP contribution in [0.15, 0.2) is 30.3 Å². The topological polar surface area (TPSA) is 49.3 Å². The third kappa shape index (κ3) is 2.97. The highest BCUT2D eigenvalue weighted by atomic mass is 35.5.